The number of sulfonamides is 1. The molecule has 0 radical (unpaired) electrons. The minimum absolute atomic E-state index is 0.188. The van der Waals surface area contributed by atoms with Gasteiger partial charge in [-0.1, -0.05) is 43.2 Å². The first-order valence-corrected chi connectivity index (χ1v) is 10.1. The number of fused-ring (bicyclic) bond motifs is 1. The highest BCUT2D eigenvalue weighted by atomic mass is 32.2. The van der Waals surface area contributed by atoms with Crippen LogP contribution in [0.5, 0.6) is 0 Å². The maximum absolute atomic E-state index is 13.2. The first kappa shape index (κ1) is 18.5. The molecule has 0 saturated heterocycles. The summed E-state index contributed by atoms with van der Waals surface area (Å²) in [5.74, 6) is 0. The fraction of sp³-hybridized carbons (Fsp3) is 0.556. The van der Waals surface area contributed by atoms with E-state index in [1.807, 2.05) is 12.1 Å². The second-order valence-corrected chi connectivity index (χ2v) is 8.53. The maximum Gasteiger partial charge on any atom is 0.511 e. The normalized spacial score (nSPS) is 22.8. The Morgan fingerprint density at radius 2 is 1.76 bits per heavy atom. The summed E-state index contributed by atoms with van der Waals surface area (Å²) in [6.07, 6.45) is 5.09. The number of benzene rings is 1. The van der Waals surface area contributed by atoms with Crippen molar-refractivity contribution in [2.75, 3.05) is 6.54 Å². The van der Waals surface area contributed by atoms with Crippen LogP contribution in [0.25, 0.3) is 5.57 Å². The smallest absolute Gasteiger partial charge is 0.203 e. The highest BCUT2D eigenvalue weighted by molar-refractivity contribution is 7.90. The van der Waals surface area contributed by atoms with Crippen molar-refractivity contribution < 1.29 is 21.6 Å². The van der Waals surface area contributed by atoms with Gasteiger partial charge in [-0.2, -0.15) is 17.5 Å². The van der Waals surface area contributed by atoms with Crippen LogP contribution in [0.15, 0.2) is 29.8 Å². The molecule has 1 fully saturated rings. The summed E-state index contributed by atoms with van der Waals surface area (Å²) in [5.41, 5.74) is -1.81. The first-order valence-electron chi connectivity index (χ1n) is 8.65. The zero-order valence-corrected chi connectivity index (χ0v) is 15.0. The van der Waals surface area contributed by atoms with Gasteiger partial charge in [-0.05, 0) is 48.8 Å². The van der Waals surface area contributed by atoms with E-state index in [-0.39, 0.29) is 6.54 Å². The van der Waals surface area contributed by atoms with E-state index in [1.54, 1.807) is 19.1 Å². The molecule has 0 amide bonds. The van der Waals surface area contributed by atoms with Gasteiger partial charge in [-0.25, -0.2) is 8.42 Å². The van der Waals surface area contributed by atoms with Gasteiger partial charge in [0.1, 0.15) is 0 Å². The molecule has 1 heterocycles. The Balaban J connectivity index is 2.17. The topological polar surface area (TPSA) is 37.4 Å². The summed E-state index contributed by atoms with van der Waals surface area (Å²) in [4.78, 5) is 0. The zero-order chi connectivity index (χ0) is 18.2. The van der Waals surface area contributed by atoms with Crippen molar-refractivity contribution in [2.24, 2.45) is 0 Å². The van der Waals surface area contributed by atoms with Crippen molar-refractivity contribution in [3.63, 3.8) is 0 Å². The van der Waals surface area contributed by atoms with Crippen LogP contribution in [0.1, 0.15) is 62.6 Å². The number of rotatable bonds is 2. The Hall–Kier alpha value is -1.34. The minimum Gasteiger partial charge on any atom is -0.203 e. The van der Waals surface area contributed by atoms with Crippen molar-refractivity contribution in [1.29, 1.82) is 0 Å². The van der Waals surface area contributed by atoms with Gasteiger partial charge in [0, 0.05) is 6.54 Å². The second kappa shape index (κ2) is 6.76. The molecule has 3 nitrogen and oxygen atoms in total. The molecule has 1 saturated carbocycles. The molecular weight excluding hydrogens is 351 g/mol. The van der Waals surface area contributed by atoms with Gasteiger partial charge >= 0.3 is 15.5 Å². The standard InChI is InChI=1S/C18H22F3NO2S/c1-2-17-15-11-7-6-10-14(15)16(13-8-4-3-5-9-13)12-22(17)25(23,24)18(19,20)21/h6-7,10-11,17H,2-5,8-9,12H2,1H3/t17-/m1/s1. The van der Waals surface area contributed by atoms with E-state index in [0.717, 1.165) is 48.8 Å². The van der Waals surface area contributed by atoms with Gasteiger partial charge in [0.25, 0.3) is 0 Å². The highest BCUT2D eigenvalue weighted by Crippen LogP contribution is 2.44. The molecule has 0 spiro atoms. The molecule has 1 aromatic carbocycles. The van der Waals surface area contributed by atoms with E-state index in [4.69, 9.17) is 0 Å². The monoisotopic (exact) mass is 373 g/mol. The molecule has 1 atom stereocenters. The third-order valence-electron chi connectivity index (χ3n) is 5.18. The van der Waals surface area contributed by atoms with E-state index in [9.17, 15) is 21.6 Å². The number of hydrogen-bond acceptors (Lipinski definition) is 2. The zero-order valence-electron chi connectivity index (χ0n) is 14.1. The van der Waals surface area contributed by atoms with Crippen molar-refractivity contribution in [2.45, 2.75) is 57.0 Å². The van der Waals surface area contributed by atoms with Crippen LogP contribution >= 0.6 is 0 Å². The van der Waals surface area contributed by atoms with Crippen molar-refractivity contribution in [3.8, 4) is 0 Å². The van der Waals surface area contributed by atoms with Crippen LogP contribution in [0.2, 0.25) is 0 Å². The molecule has 138 valence electrons. The fourth-order valence-corrected chi connectivity index (χ4v) is 5.12. The molecule has 0 N–H and O–H groups in total. The summed E-state index contributed by atoms with van der Waals surface area (Å²) in [6.45, 7) is 1.53. The molecule has 3 rings (SSSR count). The largest absolute Gasteiger partial charge is 0.511 e. The molecule has 0 bridgehead atoms. The lowest BCUT2D eigenvalue weighted by Gasteiger charge is -2.38. The molecule has 2 aliphatic rings. The summed E-state index contributed by atoms with van der Waals surface area (Å²) in [7, 11) is -5.38. The quantitative estimate of drug-likeness (QED) is 0.730. The van der Waals surface area contributed by atoms with Gasteiger partial charge in [0.05, 0.1) is 6.04 Å². The lowest BCUT2D eigenvalue weighted by atomic mass is 9.83. The fourth-order valence-electron chi connectivity index (χ4n) is 3.96. The van der Waals surface area contributed by atoms with E-state index >= 15 is 0 Å². The van der Waals surface area contributed by atoms with Crippen molar-refractivity contribution in [1.82, 2.24) is 4.31 Å². The highest BCUT2D eigenvalue weighted by Gasteiger charge is 2.53. The predicted octanol–water partition coefficient (Wildman–Crippen LogP) is 5.02. The van der Waals surface area contributed by atoms with Crippen LogP contribution in [0, 0.1) is 0 Å². The lowest BCUT2D eigenvalue weighted by Crippen LogP contribution is -2.45. The molecule has 7 heteroatoms. The second-order valence-electron chi connectivity index (χ2n) is 6.65. The van der Waals surface area contributed by atoms with Crippen LogP contribution in [0.4, 0.5) is 13.2 Å². The van der Waals surface area contributed by atoms with E-state index in [0.29, 0.717) is 16.3 Å². The first-order chi connectivity index (χ1) is 11.8. The van der Waals surface area contributed by atoms with Gasteiger partial charge in [0.2, 0.25) is 0 Å². The van der Waals surface area contributed by atoms with E-state index < -0.39 is 21.6 Å². The molecule has 1 aliphatic heterocycles. The van der Waals surface area contributed by atoms with Gasteiger partial charge in [0.15, 0.2) is 0 Å². The van der Waals surface area contributed by atoms with Gasteiger partial charge in [-0.15, -0.1) is 0 Å². The summed E-state index contributed by atoms with van der Waals surface area (Å²) < 4.78 is 64.7. The lowest BCUT2D eigenvalue weighted by molar-refractivity contribution is -0.0499. The molecule has 0 aromatic heterocycles. The van der Waals surface area contributed by atoms with Crippen molar-refractivity contribution in [3.05, 3.63) is 41.0 Å². The Bertz CT molecular complexity index is 776. The van der Waals surface area contributed by atoms with Crippen LogP contribution in [-0.2, 0) is 10.0 Å². The van der Waals surface area contributed by atoms with Gasteiger partial charge in [-0.3, -0.25) is 0 Å². The van der Waals surface area contributed by atoms with Crippen LogP contribution in [0.3, 0.4) is 0 Å². The molecule has 1 aliphatic carbocycles. The third kappa shape index (κ3) is 3.24. The third-order valence-corrected chi connectivity index (χ3v) is 6.76. The average molecular weight is 373 g/mol. The van der Waals surface area contributed by atoms with E-state index in [2.05, 4.69) is 0 Å². The average Bonchev–Trinajstić information content (AvgIpc) is 2.60. The molecule has 1 aromatic rings. The Morgan fingerprint density at radius 1 is 1.12 bits per heavy atom. The number of alkyl halides is 3. The summed E-state index contributed by atoms with van der Waals surface area (Å²) >= 11 is 0. The minimum atomic E-state index is -5.38. The molecule has 25 heavy (non-hydrogen) atoms. The number of hydrogen-bond donors (Lipinski definition) is 0. The van der Waals surface area contributed by atoms with Crippen molar-refractivity contribution >= 4 is 15.6 Å². The number of halogens is 3. The summed E-state index contributed by atoms with van der Waals surface area (Å²) in [5, 5.41) is 0. The van der Waals surface area contributed by atoms with Crippen LogP contribution in [-0.4, -0.2) is 24.8 Å². The van der Waals surface area contributed by atoms with E-state index in [1.165, 1.54) is 0 Å². The molecular formula is C18H22F3NO2S. The van der Waals surface area contributed by atoms with Crippen LogP contribution < -0.4 is 0 Å². The number of nitrogens with zero attached hydrogens (tertiary/aromatic N) is 1. The predicted molar refractivity (Wildman–Crippen MR) is 91.2 cm³/mol. The molecule has 0 unspecified atom stereocenters. The van der Waals surface area contributed by atoms with Gasteiger partial charge < -0.3 is 0 Å². The Morgan fingerprint density at radius 3 is 2.36 bits per heavy atom. The Labute approximate surface area is 146 Å². The SMILES string of the molecule is CC[C@@H]1c2ccccc2C(=C2CCCCC2)CN1S(=O)(=O)C(F)(F)F. The maximum atomic E-state index is 13.2. The Kier molecular flexibility index (Phi) is 4.99. The number of allylic oxidation sites excluding steroid dienone is 1. The summed E-state index contributed by atoms with van der Waals surface area (Å²) in [6, 6.07) is 6.50.